The lowest BCUT2D eigenvalue weighted by Crippen LogP contribution is -2.21. The molecule has 250 valence electrons. The molecule has 2 aliphatic heterocycles. The van der Waals surface area contributed by atoms with Gasteiger partial charge >= 0.3 is 0 Å². The number of fused-ring (bicyclic) bond motifs is 1. The summed E-state index contributed by atoms with van der Waals surface area (Å²) in [5, 5.41) is 28.9. The van der Waals surface area contributed by atoms with Gasteiger partial charge in [-0.25, -0.2) is 0 Å². The van der Waals surface area contributed by atoms with Gasteiger partial charge in [0.2, 0.25) is 0 Å². The molecule has 2 aromatic carbocycles. The average Bonchev–Trinajstić information content (AvgIpc) is 3.60. The molecule has 8 nitrogen and oxygen atoms in total. The Hall–Kier alpha value is -5.43. The summed E-state index contributed by atoms with van der Waals surface area (Å²) in [6.07, 6.45) is 5.88. The molecular formula is C40H41N5O3S. The summed E-state index contributed by atoms with van der Waals surface area (Å²) < 4.78 is 18.3. The number of rotatable bonds is 11. The van der Waals surface area contributed by atoms with Crippen molar-refractivity contribution in [3.05, 3.63) is 98.0 Å². The largest absolute Gasteiger partial charge is 0.485 e. The van der Waals surface area contributed by atoms with Crippen LogP contribution in [0.3, 0.4) is 0 Å². The third-order valence-corrected chi connectivity index (χ3v) is 9.87. The van der Waals surface area contributed by atoms with Crippen LogP contribution in [0.5, 0.6) is 11.5 Å². The molecule has 0 unspecified atom stereocenters. The van der Waals surface area contributed by atoms with Crippen LogP contribution in [0.2, 0.25) is 0 Å². The van der Waals surface area contributed by atoms with Crippen molar-refractivity contribution in [1.29, 1.82) is 15.8 Å². The molecular weight excluding hydrogens is 631 g/mol. The summed E-state index contributed by atoms with van der Waals surface area (Å²) in [4.78, 5) is 6.40. The Bertz CT molecular complexity index is 1860. The highest BCUT2D eigenvalue weighted by atomic mass is 32.1. The molecule has 0 saturated carbocycles. The van der Waals surface area contributed by atoms with Gasteiger partial charge in [0, 0.05) is 43.1 Å². The average molecular weight is 672 g/mol. The first-order valence-corrected chi connectivity index (χ1v) is 17.5. The molecule has 9 heteroatoms. The van der Waals surface area contributed by atoms with Crippen molar-refractivity contribution in [2.75, 3.05) is 49.2 Å². The lowest BCUT2D eigenvalue weighted by molar-refractivity contribution is 0.0954. The Kier molecular flexibility index (Phi) is 10.8. The summed E-state index contributed by atoms with van der Waals surface area (Å²) in [7, 11) is 0. The van der Waals surface area contributed by atoms with Crippen LogP contribution in [-0.4, -0.2) is 45.0 Å². The first kappa shape index (κ1) is 34.9. The van der Waals surface area contributed by atoms with E-state index in [1.54, 1.807) is 0 Å². The number of thiophene rings is 1. The molecule has 0 bridgehead atoms. The number of nitriles is 3. The summed E-state index contributed by atoms with van der Waals surface area (Å²) in [5.41, 5.74) is 5.19. The number of nitrogens with zero attached hydrogens (tertiary/aromatic N) is 5. The third-order valence-electron chi connectivity index (χ3n) is 8.81. The van der Waals surface area contributed by atoms with Crippen LogP contribution >= 0.6 is 11.3 Å². The normalized spacial score (nSPS) is 14.5. The molecule has 3 aromatic rings. The third kappa shape index (κ3) is 7.07. The predicted octanol–water partition coefficient (Wildman–Crippen LogP) is 8.74. The first-order chi connectivity index (χ1) is 23.7. The second-order valence-electron chi connectivity index (χ2n) is 12.0. The van der Waals surface area contributed by atoms with E-state index in [0.717, 1.165) is 52.6 Å². The molecule has 0 N–H and O–H groups in total. The number of allylic oxidation sites excluding steroid dienone is 2. The number of benzene rings is 2. The topological polar surface area (TPSA) is 106 Å². The Morgan fingerprint density at radius 1 is 0.755 bits per heavy atom. The highest BCUT2D eigenvalue weighted by Crippen LogP contribution is 2.48. The van der Waals surface area contributed by atoms with Crippen molar-refractivity contribution in [3.63, 3.8) is 0 Å². The highest BCUT2D eigenvalue weighted by molar-refractivity contribution is 7.14. The maximum absolute atomic E-state index is 10.0. The van der Waals surface area contributed by atoms with Crippen LogP contribution in [0.1, 0.15) is 62.4 Å². The summed E-state index contributed by atoms with van der Waals surface area (Å²) >= 11 is 1.54. The number of hydrogen-bond acceptors (Lipinski definition) is 9. The maximum Gasteiger partial charge on any atom is 0.180 e. The van der Waals surface area contributed by atoms with Crippen LogP contribution in [0.25, 0.3) is 17.7 Å². The van der Waals surface area contributed by atoms with E-state index >= 15 is 0 Å². The van der Waals surface area contributed by atoms with Crippen molar-refractivity contribution >= 4 is 40.4 Å². The zero-order valence-corrected chi connectivity index (χ0v) is 29.8. The molecule has 0 aliphatic carbocycles. The van der Waals surface area contributed by atoms with Crippen molar-refractivity contribution in [1.82, 2.24) is 0 Å². The van der Waals surface area contributed by atoms with Crippen LogP contribution in [0, 0.1) is 34.0 Å². The molecule has 0 amide bonds. The van der Waals surface area contributed by atoms with E-state index in [0.29, 0.717) is 30.3 Å². The SMILES string of the molecule is CCN(CC)c1ccc(C(=Cc2sc(/C=C/C3=C(C#N)C(=C(C#N)C#N)OC3(C)C)c3c2OCCO3)c2ccc(N(CC)CC)cc2)cc1. The fourth-order valence-corrected chi connectivity index (χ4v) is 7.23. The van der Waals surface area contributed by atoms with Gasteiger partial charge in [-0.3, -0.25) is 0 Å². The van der Waals surface area contributed by atoms with Gasteiger partial charge in [-0.2, -0.15) is 15.8 Å². The molecule has 2 aliphatic rings. The lowest BCUT2D eigenvalue weighted by Gasteiger charge is -2.22. The van der Waals surface area contributed by atoms with Crippen molar-refractivity contribution < 1.29 is 14.2 Å². The van der Waals surface area contributed by atoms with Gasteiger partial charge in [0.25, 0.3) is 0 Å². The van der Waals surface area contributed by atoms with Gasteiger partial charge in [0.05, 0.1) is 9.75 Å². The minimum Gasteiger partial charge on any atom is -0.485 e. The summed E-state index contributed by atoms with van der Waals surface area (Å²) in [6, 6.07) is 23.3. The van der Waals surface area contributed by atoms with E-state index in [1.807, 2.05) is 38.1 Å². The van der Waals surface area contributed by atoms with Gasteiger partial charge in [0.15, 0.2) is 22.8 Å². The second kappa shape index (κ2) is 15.2. The maximum atomic E-state index is 10.0. The van der Waals surface area contributed by atoms with Gasteiger partial charge in [-0.1, -0.05) is 30.3 Å². The quantitative estimate of drug-likeness (QED) is 0.186. The highest BCUT2D eigenvalue weighted by Gasteiger charge is 2.39. The number of hydrogen-bond donors (Lipinski definition) is 0. The smallest absolute Gasteiger partial charge is 0.180 e. The Labute approximate surface area is 293 Å². The summed E-state index contributed by atoms with van der Waals surface area (Å²) in [6.45, 7) is 16.9. The van der Waals surface area contributed by atoms with E-state index < -0.39 is 5.60 Å². The molecule has 1 aromatic heterocycles. The number of anilines is 2. The Balaban J connectivity index is 1.63. The number of ether oxygens (including phenoxy) is 3. The Morgan fingerprint density at radius 2 is 1.24 bits per heavy atom. The van der Waals surface area contributed by atoms with E-state index in [-0.39, 0.29) is 16.9 Å². The van der Waals surface area contributed by atoms with Crippen LogP contribution in [0.15, 0.2) is 77.1 Å². The monoisotopic (exact) mass is 671 g/mol. The predicted molar refractivity (Wildman–Crippen MR) is 197 cm³/mol. The van der Waals surface area contributed by atoms with Crippen molar-refractivity contribution in [2.24, 2.45) is 0 Å². The standard InChI is InChI=1S/C40H41N5O3S/c1-7-44(8-2)30-15-11-27(12-16-30)32(28-13-17-31(18-14-28)45(9-3)10-4)23-36-39-38(46-21-22-47-39)35(49-36)20-19-34-33(26-43)37(29(24-41)25-42)48-40(34,5)6/h11-20,23H,7-10,21-22H2,1-6H3/b20-19+. The van der Waals surface area contributed by atoms with Crippen molar-refractivity contribution in [3.8, 4) is 29.7 Å². The molecule has 0 radical (unpaired) electrons. The fraction of sp³-hybridized carbons (Fsp3) is 0.325. The molecule has 5 rings (SSSR count). The molecule has 0 fully saturated rings. The first-order valence-electron chi connectivity index (χ1n) is 16.6. The summed E-state index contributed by atoms with van der Waals surface area (Å²) in [5.74, 6) is 1.34. The van der Waals surface area contributed by atoms with Crippen LogP contribution in [0.4, 0.5) is 11.4 Å². The van der Waals surface area contributed by atoms with Gasteiger partial charge in [-0.05, 0) is 94.7 Å². The fourth-order valence-electron chi connectivity index (χ4n) is 6.19. The lowest BCUT2D eigenvalue weighted by atomic mass is 9.94. The minimum atomic E-state index is -0.922. The van der Waals surface area contributed by atoms with Crippen LogP contribution < -0.4 is 19.3 Å². The van der Waals surface area contributed by atoms with E-state index in [2.05, 4.69) is 98.2 Å². The Morgan fingerprint density at radius 3 is 1.69 bits per heavy atom. The van der Waals surface area contributed by atoms with Gasteiger partial charge in [0.1, 0.15) is 42.6 Å². The zero-order chi connectivity index (χ0) is 35.1. The van der Waals surface area contributed by atoms with E-state index in [9.17, 15) is 15.8 Å². The van der Waals surface area contributed by atoms with Gasteiger partial charge in [-0.15, -0.1) is 11.3 Å². The van der Waals surface area contributed by atoms with Crippen molar-refractivity contribution in [2.45, 2.75) is 47.1 Å². The molecule has 0 atom stereocenters. The molecule has 0 saturated heterocycles. The minimum absolute atomic E-state index is 0.0113. The molecule has 3 heterocycles. The van der Waals surface area contributed by atoms with E-state index in [4.69, 9.17) is 14.2 Å². The zero-order valence-electron chi connectivity index (χ0n) is 29.0. The second-order valence-corrected chi connectivity index (χ2v) is 13.0. The van der Waals surface area contributed by atoms with Gasteiger partial charge < -0.3 is 24.0 Å². The molecule has 0 spiro atoms. The molecule has 49 heavy (non-hydrogen) atoms. The van der Waals surface area contributed by atoms with E-state index in [1.165, 1.54) is 22.7 Å². The van der Waals surface area contributed by atoms with Crippen LogP contribution in [-0.2, 0) is 4.74 Å².